The van der Waals surface area contributed by atoms with Crippen LogP contribution in [0, 0.1) is 0 Å². The number of carbonyl (C=O) groups excluding carboxylic acids is 1. The van der Waals surface area contributed by atoms with Crippen molar-refractivity contribution in [1.29, 1.82) is 0 Å². The van der Waals surface area contributed by atoms with Crippen LogP contribution in [0.2, 0.25) is 0 Å². The molecule has 0 saturated carbocycles. The molecule has 0 amide bonds. The predicted molar refractivity (Wildman–Crippen MR) is 42.9 cm³/mol. The van der Waals surface area contributed by atoms with Crippen LogP contribution in [-0.4, -0.2) is 24.2 Å². The molecule has 11 heavy (non-hydrogen) atoms. The fourth-order valence-corrected chi connectivity index (χ4v) is 0.547. The third-order valence-electron chi connectivity index (χ3n) is 0.834. The van der Waals surface area contributed by atoms with Crippen LogP contribution in [0.4, 0.5) is 4.79 Å². The summed E-state index contributed by atoms with van der Waals surface area (Å²) in [5.74, 6) is 0. The lowest BCUT2D eigenvalue weighted by Crippen LogP contribution is -2.22. The Kier molecular flexibility index (Phi) is 4.45. The first-order chi connectivity index (χ1) is 4.92. The van der Waals surface area contributed by atoms with E-state index in [1.165, 1.54) is 0 Å². The maximum atomic E-state index is 10.1. The molecule has 0 rings (SSSR count). The van der Waals surface area contributed by atoms with Crippen molar-refractivity contribution in [3.05, 3.63) is 0 Å². The van der Waals surface area contributed by atoms with Crippen molar-refractivity contribution in [2.45, 2.75) is 26.4 Å². The van der Waals surface area contributed by atoms with E-state index in [4.69, 9.17) is 16.3 Å². The molecule has 0 aliphatic rings. The largest absolute Gasteiger partial charge is 0.451 e. The van der Waals surface area contributed by atoms with E-state index in [2.05, 4.69) is 4.74 Å². The van der Waals surface area contributed by atoms with Gasteiger partial charge in [-0.3, -0.25) is 0 Å². The molecule has 4 heteroatoms. The van der Waals surface area contributed by atoms with Gasteiger partial charge in [0, 0.05) is 11.6 Å². The van der Waals surface area contributed by atoms with Crippen LogP contribution in [0.5, 0.6) is 0 Å². The van der Waals surface area contributed by atoms with E-state index in [1.807, 2.05) is 20.8 Å². The summed E-state index contributed by atoms with van der Waals surface area (Å²) in [5, 5.41) is 0. The van der Waals surface area contributed by atoms with Crippen LogP contribution >= 0.6 is 11.6 Å². The Morgan fingerprint density at radius 3 is 2.27 bits per heavy atom. The monoisotopic (exact) mass is 180 g/mol. The average Bonchev–Trinajstić information content (AvgIpc) is 1.78. The molecule has 0 bridgehead atoms. The zero-order valence-electron chi connectivity index (χ0n) is 7.02. The minimum Gasteiger partial charge on any atom is -0.451 e. The normalized spacial score (nSPS) is 11.3. The summed E-state index contributed by atoms with van der Waals surface area (Å²) in [6.45, 7) is 6.36. The van der Waals surface area contributed by atoms with E-state index >= 15 is 0 Å². The molecule has 0 atom stereocenters. The summed E-state index contributed by atoms with van der Waals surface area (Å²) < 4.78 is 9.68. The molecular formula is C7H13ClO3. The summed E-state index contributed by atoms with van der Waals surface area (Å²) in [6.07, 6.45) is 0. The van der Waals surface area contributed by atoms with Crippen LogP contribution in [0.3, 0.4) is 0 Å². The third-order valence-corrected chi connectivity index (χ3v) is 0.943. The lowest BCUT2D eigenvalue weighted by atomic mass is 10.2. The van der Waals surface area contributed by atoms with Crippen LogP contribution in [0.1, 0.15) is 20.8 Å². The van der Waals surface area contributed by atoms with Gasteiger partial charge >= 0.3 is 5.43 Å². The van der Waals surface area contributed by atoms with E-state index in [-0.39, 0.29) is 12.2 Å². The van der Waals surface area contributed by atoms with Crippen LogP contribution in [0.25, 0.3) is 0 Å². The molecule has 0 unspecified atom stereocenters. The van der Waals surface area contributed by atoms with Gasteiger partial charge in [0.1, 0.15) is 6.61 Å². The Morgan fingerprint density at radius 1 is 1.36 bits per heavy atom. The summed E-state index contributed by atoms with van der Waals surface area (Å²) >= 11 is 4.91. The third kappa shape index (κ3) is 9.72. The molecule has 0 heterocycles. The van der Waals surface area contributed by atoms with Gasteiger partial charge in [0.25, 0.3) is 0 Å². The van der Waals surface area contributed by atoms with Crippen molar-refractivity contribution in [3.8, 4) is 0 Å². The van der Waals surface area contributed by atoms with Crippen molar-refractivity contribution < 1.29 is 14.3 Å². The molecule has 0 N–H and O–H groups in total. The summed E-state index contributed by atoms with van der Waals surface area (Å²) in [4.78, 5) is 10.1. The van der Waals surface area contributed by atoms with Gasteiger partial charge in [0.15, 0.2) is 0 Å². The second-order valence-corrected chi connectivity index (χ2v) is 3.36. The molecule has 0 aromatic carbocycles. The van der Waals surface area contributed by atoms with Crippen molar-refractivity contribution in [2.24, 2.45) is 0 Å². The van der Waals surface area contributed by atoms with Gasteiger partial charge in [-0.05, 0) is 20.8 Å². The molecule has 3 nitrogen and oxygen atoms in total. The number of halogens is 1. The molecule has 0 radical (unpaired) electrons. The molecule has 0 fully saturated rings. The van der Waals surface area contributed by atoms with E-state index in [1.54, 1.807) is 0 Å². The van der Waals surface area contributed by atoms with Crippen molar-refractivity contribution in [1.82, 2.24) is 0 Å². The van der Waals surface area contributed by atoms with Crippen LogP contribution in [0.15, 0.2) is 0 Å². The molecule has 0 aromatic heterocycles. The summed E-state index contributed by atoms with van der Waals surface area (Å²) in [5.41, 5.74) is -0.985. The predicted octanol–water partition coefficient (Wildman–Crippen LogP) is 2.18. The smallest absolute Gasteiger partial charge is 0.403 e. The second kappa shape index (κ2) is 4.57. The highest BCUT2D eigenvalue weighted by Gasteiger charge is 2.09. The van der Waals surface area contributed by atoms with Crippen molar-refractivity contribution >= 4 is 17.0 Å². The number of hydrogen-bond acceptors (Lipinski definition) is 3. The highest BCUT2D eigenvalue weighted by Crippen LogP contribution is 2.05. The standard InChI is InChI=1S/C7H13ClO3/c1-7(2,3)11-5-4-10-6(8)9/h4-5H2,1-3H3. The summed E-state index contributed by atoms with van der Waals surface area (Å²) in [7, 11) is 0. The minimum absolute atomic E-state index is 0.196. The molecular weight excluding hydrogens is 168 g/mol. The molecule has 0 aromatic rings. The van der Waals surface area contributed by atoms with Crippen LogP contribution in [-0.2, 0) is 9.47 Å². The lowest BCUT2D eigenvalue weighted by molar-refractivity contribution is -0.0208. The number of rotatable bonds is 3. The summed E-state index contributed by atoms with van der Waals surface area (Å²) in [6, 6.07) is 0. The minimum atomic E-state index is -0.789. The zero-order valence-corrected chi connectivity index (χ0v) is 7.77. The van der Waals surface area contributed by atoms with Crippen molar-refractivity contribution in [3.63, 3.8) is 0 Å². The van der Waals surface area contributed by atoms with Gasteiger partial charge in [0.2, 0.25) is 0 Å². The molecule has 0 saturated heterocycles. The number of ether oxygens (including phenoxy) is 2. The lowest BCUT2D eigenvalue weighted by Gasteiger charge is -2.18. The molecule has 66 valence electrons. The fourth-order valence-electron chi connectivity index (χ4n) is 0.470. The van der Waals surface area contributed by atoms with Gasteiger partial charge in [-0.15, -0.1) is 0 Å². The van der Waals surface area contributed by atoms with Crippen molar-refractivity contribution in [2.75, 3.05) is 13.2 Å². The van der Waals surface area contributed by atoms with E-state index < -0.39 is 5.43 Å². The first-order valence-electron chi connectivity index (χ1n) is 3.38. The highest BCUT2D eigenvalue weighted by atomic mass is 35.5. The average molecular weight is 181 g/mol. The van der Waals surface area contributed by atoms with Gasteiger partial charge in [0.05, 0.1) is 12.2 Å². The molecule has 0 aliphatic heterocycles. The van der Waals surface area contributed by atoms with Gasteiger partial charge in [-0.1, -0.05) is 0 Å². The molecule has 0 aliphatic carbocycles. The first kappa shape index (κ1) is 10.7. The Balaban J connectivity index is 3.22. The van der Waals surface area contributed by atoms with E-state index in [0.717, 1.165) is 0 Å². The first-order valence-corrected chi connectivity index (χ1v) is 3.76. The maximum Gasteiger partial charge on any atom is 0.403 e. The fraction of sp³-hybridized carbons (Fsp3) is 0.857. The van der Waals surface area contributed by atoms with Gasteiger partial charge in [-0.2, -0.15) is 0 Å². The SMILES string of the molecule is CC(C)(C)OCCOC(=O)Cl. The quantitative estimate of drug-likeness (QED) is 0.493. The Morgan fingerprint density at radius 2 is 1.91 bits per heavy atom. The van der Waals surface area contributed by atoms with Gasteiger partial charge < -0.3 is 9.47 Å². The Labute approximate surface area is 71.6 Å². The Hall–Kier alpha value is -0.280. The highest BCUT2D eigenvalue weighted by molar-refractivity contribution is 6.61. The van der Waals surface area contributed by atoms with E-state index in [9.17, 15) is 4.79 Å². The number of hydrogen-bond donors (Lipinski definition) is 0. The number of carbonyl (C=O) groups is 1. The molecule has 0 spiro atoms. The zero-order chi connectivity index (χ0) is 8.91. The van der Waals surface area contributed by atoms with Crippen LogP contribution < -0.4 is 0 Å². The van der Waals surface area contributed by atoms with Gasteiger partial charge in [-0.25, -0.2) is 4.79 Å². The topological polar surface area (TPSA) is 35.5 Å². The second-order valence-electron chi connectivity index (χ2n) is 3.05. The van der Waals surface area contributed by atoms with E-state index in [0.29, 0.717) is 6.61 Å². The maximum absolute atomic E-state index is 10.1. The Bertz CT molecular complexity index is 128.